The maximum absolute atomic E-state index is 5.38. The van der Waals surface area contributed by atoms with Gasteiger partial charge in [-0.15, -0.1) is 0 Å². The Morgan fingerprint density at radius 2 is 2.47 bits per heavy atom. The van der Waals surface area contributed by atoms with E-state index in [1.54, 1.807) is 0 Å². The van der Waals surface area contributed by atoms with Crippen molar-refractivity contribution < 1.29 is 4.74 Å². The van der Waals surface area contributed by atoms with E-state index < -0.39 is 0 Å². The zero-order valence-corrected chi connectivity index (χ0v) is 9.66. The third kappa shape index (κ3) is 2.31. The van der Waals surface area contributed by atoms with Crippen molar-refractivity contribution in [3.05, 3.63) is 11.8 Å². The number of anilines is 1. The van der Waals surface area contributed by atoms with Crippen LogP contribution in [0.2, 0.25) is 0 Å². The van der Waals surface area contributed by atoms with E-state index in [4.69, 9.17) is 4.74 Å². The molecular weight excluding hydrogens is 190 g/mol. The average Bonchev–Trinajstić information content (AvgIpc) is 2.77. The molecule has 0 aliphatic carbocycles. The van der Waals surface area contributed by atoms with E-state index in [0.717, 1.165) is 25.5 Å². The lowest BCUT2D eigenvalue weighted by Gasteiger charge is -2.18. The predicted molar refractivity (Wildman–Crippen MR) is 60.0 cm³/mol. The fraction of sp³-hybridized carbons (Fsp3) is 0.727. The quantitative estimate of drug-likeness (QED) is 0.821. The van der Waals surface area contributed by atoms with Crippen molar-refractivity contribution >= 4 is 5.82 Å². The number of nitrogens with one attached hydrogen (secondary N) is 1. The minimum atomic E-state index is 0.432. The van der Waals surface area contributed by atoms with Crippen LogP contribution in [0.5, 0.6) is 0 Å². The van der Waals surface area contributed by atoms with Gasteiger partial charge in [0.05, 0.1) is 6.61 Å². The van der Waals surface area contributed by atoms with E-state index in [2.05, 4.69) is 30.3 Å². The molecule has 2 heterocycles. The highest BCUT2D eigenvalue weighted by atomic mass is 16.5. The first-order chi connectivity index (χ1) is 7.16. The highest BCUT2D eigenvalue weighted by molar-refractivity contribution is 5.36. The molecule has 0 bridgehead atoms. The summed E-state index contributed by atoms with van der Waals surface area (Å²) in [6, 6.07) is 2.51. The smallest absolute Gasteiger partial charge is 0.148 e. The highest BCUT2D eigenvalue weighted by Gasteiger charge is 2.22. The lowest BCUT2D eigenvalue weighted by atomic mass is 10.0. The maximum atomic E-state index is 5.38. The molecule has 15 heavy (non-hydrogen) atoms. The van der Waals surface area contributed by atoms with Gasteiger partial charge in [-0.05, 0) is 20.3 Å². The standard InChI is InChI=1S/C11H19N3O/c1-8-6-11(13-14(8)3)12-9(2)10-4-5-15-7-10/h6,9-10H,4-5,7H2,1-3H3,(H,12,13). The maximum Gasteiger partial charge on any atom is 0.148 e. The van der Waals surface area contributed by atoms with E-state index >= 15 is 0 Å². The first-order valence-electron chi connectivity index (χ1n) is 5.51. The van der Waals surface area contributed by atoms with E-state index in [1.165, 1.54) is 5.69 Å². The van der Waals surface area contributed by atoms with Gasteiger partial charge in [0, 0.05) is 37.4 Å². The van der Waals surface area contributed by atoms with Crippen LogP contribution in [0.3, 0.4) is 0 Å². The first-order valence-corrected chi connectivity index (χ1v) is 5.51. The van der Waals surface area contributed by atoms with Crippen LogP contribution in [0, 0.1) is 12.8 Å². The second kappa shape index (κ2) is 4.23. The highest BCUT2D eigenvalue weighted by Crippen LogP contribution is 2.19. The molecule has 1 N–H and O–H groups in total. The summed E-state index contributed by atoms with van der Waals surface area (Å²) < 4.78 is 7.27. The van der Waals surface area contributed by atoms with Crippen LogP contribution in [0.15, 0.2) is 6.07 Å². The minimum Gasteiger partial charge on any atom is -0.381 e. The minimum absolute atomic E-state index is 0.432. The van der Waals surface area contributed by atoms with Gasteiger partial charge in [-0.25, -0.2) is 0 Å². The zero-order valence-electron chi connectivity index (χ0n) is 9.66. The van der Waals surface area contributed by atoms with Gasteiger partial charge < -0.3 is 10.1 Å². The van der Waals surface area contributed by atoms with Crippen molar-refractivity contribution in [2.24, 2.45) is 13.0 Å². The number of hydrogen-bond acceptors (Lipinski definition) is 3. The Hall–Kier alpha value is -1.03. The largest absolute Gasteiger partial charge is 0.381 e. The van der Waals surface area contributed by atoms with Crippen LogP contribution in [0.1, 0.15) is 19.0 Å². The van der Waals surface area contributed by atoms with Crippen LogP contribution in [0.4, 0.5) is 5.82 Å². The molecule has 4 nitrogen and oxygen atoms in total. The Kier molecular flexibility index (Phi) is 2.95. The van der Waals surface area contributed by atoms with Gasteiger partial charge >= 0.3 is 0 Å². The van der Waals surface area contributed by atoms with E-state index in [9.17, 15) is 0 Å². The third-order valence-electron chi connectivity index (χ3n) is 3.16. The zero-order chi connectivity index (χ0) is 10.8. The molecule has 2 rings (SSSR count). The van der Waals surface area contributed by atoms with Crippen LogP contribution in [-0.2, 0) is 11.8 Å². The van der Waals surface area contributed by atoms with E-state index in [1.807, 2.05) is 11.7 Å². The van der Waals surface area contributed by atoms with Gasteiger partial charge in [-0.3, -0.25) is 4.68 Å². The summed E-state index contributed by atoms with van der Waals surface area (Å²) in [6.07, 6.45) is 1.15. The lowest BCUT2D eigenvalue weighted by molar-refractivity contribution is 0.183. The molecule has 0 amide bonds. The van der Waals surface area contributed by atoms with Crippen LogP contribution < -0.4 is 5.32 Å². The summed E-state index contributed by atoms with van der Waals surface area (Å²) in [5, 5.41) is 7.82. The molecular formula is C11H19N3O. The van der Waals surface area contributed by atoms with Gasteiger partial charge in [-0.2, -0.15) is 5.10 Å². The number of nitrogens with zero attached hydrogens (tertiary/aromatic N) is 2. The second-order valence-electron chi connectivity index (χ2n) is 4.35. The Labute approximate surface area is 90.6 Å². The number of hydrogen-bond donors (Lipinski definition) is 1. The predicted octanol–water partition coefficient (Wildman–Crippen LogP) is 1.57. The molecule has 84 valence electrons. The van der Waals surface area contributed by atoms with Gasteiger partial charge in [0.1, 0.15) is 5.82 Å². The lowest BCUT2D eigenvalue weighted by Crippen LogP contribution is -2.26. The van der Waals surface area contributed by atoms with E-state index in [0.29, 0.717) is 12.0 Å². The molecule has 2 unspecified atom stereocenters. The fourth-order valence-corrected chi connectivity index (χ4v) is 1.93. The number of aromatic nitrogens is 2. The summed E-state index contributed by atoms with van der Waals surface area (Å²) >= 11 is 0. The number of rotatable bonds is 3. The van der Waals surface area contributed by atoms with Crippen LogP contribution in [0.25, 0.3) is 0 Å². The van der Waals surface area contributed by atoms with Gasteiger partial charge in [-0.1, -0.05) is 0 Å². The van der Waals surface area contributed by atoms with Gasteiger partial charge in [0.15, 0.2) is 0 Å². The molecule has 1 aliphatic rings. The number of ether oxygens (including phenoxy) is 1. The second-order valence-corrected chi connectivity index (χ2v) is 4.35. The van der Waals surface area contributed by atoms with Crippen LogP contribution >= 0.6 is 0 Å². The molecule has 0 aromatic carbocycles. The topological polar surface area (TPSA) is 39.1 Å². The molecule has 2 atom stereocenters. The molecule has 1 aromatic rings. The van der Waals surface area contributed by atoms with Crippen molar-refractivity contribution in [3.8, 4) is 0 Å². The molecule has 0 spiro atoms. The van der Waals surface area contributed by atoms with Crippen molar-refractivity contribution in [3.63, 3.8) is 0 Å². The normalized spacial score (nSPS) is 23.0. The third-order valence-corrected chi connectivity index (χ3v) is 3.16. The summed E-state index contributed by atoms with van der Waals surface area (Å²) in [6.45, 7) is 6.03. The molecule has 1 aliphatic heterocycles. The van der Waals surface area contributed by atoms with Gasteiger partial charge in [0.25, 0.3) is 0 Å². The Balaban J connectivity index is 1.95. The first kappa shape index (κ1) is 10.5. The summed E-state index contributed by atoms with van der Waals surface area (Å²) in [7, 11) is 1.96. The molecule has 4 heteroatoms. The molecule has 1 saturated heterocycles. The molecule has 1 fully saturated rings. The Morgan fingerprint density at radius 1 is 1.67 bits per heavy atom. The molecule has 0 radical (unpaired) electrons. The summed E-state index contributed by atoms with van der Waals surface area (Å²) in [4.78, 5) is 0. The van der Waals surface area contributed by atoms with Gasteiger partial charge in [0.2, 0.25) is 0 Å². The van der Waals surface area contributed by atoms with Crippen molar-refractivity contribution in [2.45, 2.75) is 26.3 Å². The van der Waals surface area contributed by atoms with Crippen molar-refractivity contribution in [1.82, 2.24) is 9.78 Å². The SMILES string of the molecule is Cc1cc(NC(C)C2CCOC2)nn1C. The van der Waals surface area contributed by atoms with Crippen LogP contribution in [-0.4, -0.2) is 29.0 Å². The Morgan fingerprint density at radius 3 is 3.00 bits per heavy atom. The van der Waals surface area contributed by atoms with Crippen molar-refractivity contribution in [2.75, 3.05) is 18.5 Å². The number of aryl methyl sites for hydroxylation is 2. The fourth-order valence-electron chi connectivity index (χ4n) is 1.93. The molecule has 1 aromatic heterocycles. The summed E-state index contributed by atoms with van der Waals surface area (Å²) in [5.74, 6) is 1.58. The summed E-state index contributed by atoms with van der Waals surface area (Å²) in [5.41, 5.74) is 1.17. The molecule has 0 saturated carbocycles. The average molecular weight is 209 g/mol. The monoisotopic (exact) mass is 209 g/mol. The van der Waals surface area contributed by atoms with Crippen molar-refractivity contribution in [1.29, 1.82) is 0 Å². The van der Waals surface area contributed by atoms with E-state index in [-0.39, 0.29) is 0 Å². The Bertz CT molecular complexity index is 309.